The molecular formula is C21H28N4O3. The Morgan fingerprint density at radius 1 is 1.14 bits per heavy atom. The lowest BCUT2D eigenvalue weighted by molar-refractivity contribution is 0.0658. The van der Waals surface area contributed by atoms with Gasteiger partial charge in [-0.25, -0.2) is 0 Å². The summed E-state index contributed by atoms with van der Waals surface area (Å²) in [5.74, 6) is 2.12. The Morgan fingerprint density at radius 2 is 1.86 bits per heavy atom. The fourth-order valence-electron chi connectivity index (χ4n) is 3.29. The van der Waals surface area contributed by atoms with Crippen molar-refractivity contribution in [3.8, 4) is 5.75 Å². The SMILES string of the molecule is CN=C(NCCCc1ccc(OC)cc1)N1CCN(C(=O)c2ccco2)CC1. The average Bonchev–Trinajstić information content (AvgIpc) is 3.29. The van der Waals surface area contributed by atoms with Crippen LogP contribution >= 0.6 is 0 Å². The van der Waals surface area contributed by atoms with Gasteiger partial charge in [0.25, 0.3) is 5.91 Å². The zero-order valence-corrected chi connectivity index (χ0v) is 16.6. The predicted octanol–water partition coefficient (Wildman–Crippen LogP) is 2.25. The minimum absolute atomic E-state index is 0.0490. The Kier molecular flexibility index (Phi) is 6.94. The van der Waals surface area contributed by atoms with E-state index >= 15 is 0 Å². The van der Waals surface area contributed by atoms with E-state index in [9.17, 15) is 4.79 Å². The first-order valence-electron chi connectivity index (χ1n) is 9.62. The van der Waals surface area contributed by atoms with E-state index in [0.717, 1.165) is 44.2 Å². The Morgan fingerprint density at radius 3 is 2.46 bits per heavy atom. The summed E-state index contributed by atoms with van der Waals surface area (Å²) in [4.78, 5) is 20.8. The molecule has 150 valence electrons. The highest BCUT2D eigenvalue weighted by Gasteiger charge is 2.24. The number of nitrogens with zero attached hydrogens (tertiary/aromatic N) is 3. The first-order chi connectivity index (χ1) is 13.7. The fourth-order valence-corrected chi connectivity index (χ4v) is 3.29. The highest BCUT2D eigenvalue weighted by Crippen LogP contribution is 2.12. The third-order valence-electron chi connectivity index (χ3n) is 4.89. The van der Waals surface area contributed by atoms with Gasteiger partial charge in [0.2, 0.25) is 0 Å². The van der Waals surface area contributed by atoms with Gasteiger partial charge in [-0.3, -0.25) is 9.79 Å². The number of rotatable bonds is 6. The van der Waals surface area contributed by atoms with Crippen LogP contribution in [0.5, 0.6) is 5.75 Å². The summed E-state index contributed by atoms with van der Waals surface area (Å²) in [7, 11) is 3.48. The van der Waals surface area contributed by atoms with Gasteiger partial charge in [0.15, 0.2) is 11.7 Å². The van der Waals surface area contributed by atoms with Crippen molar-refractivity contribution >= 4 is 11.9 Å². The van der Waals surface area contributed by atoms with Crippen LogP contribution in [0.3, 0.4) is 0 Å². The van der Waals surface area contributed by atoms with E-state index in [1.54, 1.807) is 26.3 Å². The molecule has 0 spiro atoms. The summed E-state index contributed by atoms with van der Waals surface area (Å²) in [5, 5.41) is 3.43. The van der Waals surface area contributed by atoms with Gasteiger partial charge in [0, 0.05) is 39.8 Å². The van der Waals surface area contributed by atoms with Crippen molar-refractivity contribution in [3.63, 3.8) is 0 Å². The van der Waals surface area contributed by atoms with E-state index in [-0.39, 0.29) is 5.91 Å². The molecule has 1 fully saturated rings. The molecule has 1 N–H and O–H groups in total. The molecule has 0 atom stereocenters. The second-order valence-corrected chi connectivity index (χ2v) is 6.68. The van der Waals surface area contributed by atoms with Crippen LogP contribution in [0.1, 0.15) is 22.5 Å². The number of methoxy groups -OCH3 is 1. The van der Waals surface area contributed by atoms with Crippen LogP contribution in [0.15, 0.2) is 52.1 Å². The number of furan rings is 1. The van der Waals surface area contributed by atoms with E-state index < -0.39 is 0 Å². The molecular weight excluding hydrogens is 356 g/mol. The highest BCUT2D eigenvalue weighted by molar-refractivity contribution is 5.91. The van der Waals surface area contributed by atoms with E-state index in [1.165, 1.54) is 11.8 Å². The number of guanidine groups is 1. The number of carbonyl (C=O) groups excluding carboxylic acids is 1. The molecule has 28 heavy (non-hydrogen) atoms. The molecule has 2 aromatic rings. The lowest BCUT2D eigenvalue weighted by atomic mass is 10.1. The van der Waals surface area contributed by atoms with Crippen molar-refractivity contribution in [2.24, 2.45) is 4.99 Å². The van der Waals surface area contributed by atoms with Gasteiger partial charge in [-0.2, -0.15) is 0 Å². The summed E-state index contributed by atoms with van der Waals surface area (Å²) < 4.78 is 10.4. The second kappa shape index (κ2) is 9.82. The number of aryl methyl sites for hydroxylation is 1. The van der Waals surface area contributed by atoms with Gasteiger partial charge >= 0.3 is 0 Å². The van der Waals surface area contributed by atoms with Crippen molar-refractivity contribution in [1.82, 2.24) is 15.1 Å². The summed E-state index contributed by atoms with van der Waals surface area (Å²) >= 11 is 0. The van der Waals surface area contributed by atoms with Gasteiger partial charge in [0.05, 0.1) is 13.4 Å². The molecule has 0 aliphatic carbocycles. The molecule has 1 amide bonds. The Balaban J connectivity index is 1.40. The van der Waals surface area contributed by atoms with Gasteiger partial charge in [-0.1, -0.05) is 12.1 Å². The topological polar surface area (TPSA) is 70.3 Å². The maximum absolute atomic E-state index is 12.4. The standard InChI is InChI=1S/C21H28N4O3/c1-22-21(23-11-3-5-17-7-9-18(27-2)10-8-17)25-14-12-24(13-15-25)20(26)19-6-4-16-28-19/h4,6-10,16H,3,5,11-15H2,1-2H3,(H,22,23). The summed E-state index contributed by atoms with van der Waals surface area (Å²) in [5.41, 5.74) is 1.29. The number of ether oxygens (including phenoxy) is 1. The maximum atomic E-state index is 12.4. The number of aliphatic imine (C=N–C) groups is 1. The fraction of sp³-hybridized carbons (Fsp3) is 0.429. The lowest BCUT2D eigenvalue weighted by Gasteiger charge is -2.36. The molecule has 0 saturated carbocycles. The van der Waals surface area contributed by atoms with E-state index in [1.807, 2.05) is 17.0 Å². The van der Waals surface area contributed by atoms with Gasteiger partial charge in [-0.05, 0) is 42.7 Å². The van der Waals surface area contributed by atoms with Crippen molar-refractivity contribution in [3.05, 3.63) is 54.0 Å². The Hall–Kier alpha value is -2.96. The quantitative estimate of drug-likeness (QED) is 0.470. The number of piperazine rings is 1. The van der Waals surface area contributed by atoms with Gasteiger partial charge in [-0.15, -0.1) is 0 Å². The highest BCUT2D eigenvalue weighted by atomic mass is 16.5. The van der Waals surface area contributed by atoms with Crippen molar-refractivity contribution < 1.29 is 13.9 Å². The Labute approximate surface area is 166 Å². The minimum atomic E-state index is -0.0490. The lowest BCUT2D eigenvalue weighted by Crippen LogP contribution is -2.53. The monoisotopic (exact) mass is 384 g/mol. The molecule has 1 aromatic carbocycles. The first-order valence-corrected chi connectivity index (χ1v) is 9.62. The van der Waals surface area contributed by atoms with Crippen molar-refractivity contribution in [2.45, 2.75) is 12.8 Å². The molecule has 3 rings (SSSR count). The van der Waals surface area contributed by atoms with Gasteiger partial charge < -0.3 is 24.3 Å². The molecule has 7 nitrogen and oxygen atoms in total. The van der Waals surface area contributed by atoms with Crippen LogP contribution in [0, 0.1) is 0 Å². The molecule has 0 bridgehead atoms. The van der Waals surface area contributed by atoms with E-state index in [4.69, 9.17) is 9.15 Å². The third kappa shape index (κ3) is 5.06. The number of nitrogens with one attached hydrogen (secondary N) is 1. The van der Waals surface area contributed by atoms with Crippen LogP contribution in [-0.2, 0) is 6.42 Å². The van der Waals surface area contributed by atoms with Crippen molar-refractivity contribution in [1.29, 1.82) is 0 Å². The van der Waals surface area contributed by atoms with Crippen LogP contribution in [-0.4, -0.2) is 68.5 Å². The molecule has 1 aliphatic heterocycles. The van der Waals surface area contributed by atoms with Crippen LogP contribution in [0.2, 0.25) is 0 Å². The molecule has 1 saturated heterocycles. The summed E-state index contributed by atoms with van der Waals surface area (Å²) in [6.45, 7) is 3.68. The van der Waals surface area contributed by atoms with Crippen molar-refractivity contribution in [2.75, 3.05) is 46.9 Å². The molecule has 1 aromatic heterocycles. The summed E-state index contributed by atoms with van der Waals surface area (Å²) in [6, 6.07) is 11.6. The van der Waals surface area contributed by atoms with Crippen LogP contribution in [0.4, 0.5) is 0 Å². The minimum Gasteiger partial charge on any atom is -0.497 e. The van der Waals surface area contributed by atoms with E-state index in [0.29, 0.717) is 18.8 Å². The largest absolute Gasteiger partial charge is 0.497 e. The van der Waals surface area contributed by atoms with Gasteiger partial charge in [0.1, 0.15) is 5.75 Å². The smallest absolute Gasteiger partial charge is 0.289 e. The first kappa shape index (κ1) is 19.8. The van der Waals surface area contributed by atoms with Crippen LogP contribution in [0.25, 0.3) is 0 Å². The molecule has 0 unspecified atom stereocenters. The number of benzene rings is 1. The number of hydrogen-bond donors (Lipinski definition) is 1. The maximum Gasteiger partial charge on any atom is 0.289 e. The zero-order valence-electron chi connectivity index (χ0n) is 16.6. The zero-order chi connectivity index (χ0) is 19.8. The average molecular weight is 384 g/mol. The molecule has 1 aliphatic rings. The van der Waals surface area contributed by atoms with Crippen LogP contribution < -0.4 is 10.1 Å². The molecule has 0 radical (unpaired) electrons. The van der Waals surface area contributed by atoms with E-state index in [2.05, 4.69) is 27.3 Å². The summed E-state index contributed by atoms with van der Waals surface area (Å²) in [6.07, 6.45) is 3.54. The number of carbonyl (C=O) groups is 1. The Bertz CT molecular complexity index is 763. The normalized spacial score (nSPS) is 14.9. The number of amides is 1. The molecule has 2 heterocycles. The molecule has 7 heteroatoms. The predicted molar refractivity (Wildman–Crippen MR) is 109 cm³/mol. The number of hydrogen-bond acceptors (Lipinski definition) is 4. The second-order valence-electron chi connectivity index (χ2n) is 6.68. The third-order valence-corrected chi connectivity index (χ3v) is 4.89.